The minimum absolute atomic E-state index is 0.184. The van der Waals surface area contributed by atoms with Crippen LogP contribution in [0.4, 0.5) is 0 Å². The second-order valence-corrected chi connectivity index (χ2v) is 4.94. The lowest BCUT2D eigenvalue weighted by molar-refractivity contribution is 0.0900. The number of rotatable bonds is 2. The average Bonchev–Trinajstić information content (AvgIpc) is 2.91. The van der Waals surface area contributed by atoms with E-state index in [-0.39, 0.29) is 11.7 Å². The lowest BCUT2D eigenvalue weighted by Crippen LogP contribution is -2.28. The first kappa shape index (κ1) is 9.97. The van der Waals surface area contributed by atoms with Crippen LogP contribution in [0.25, 0.3) is 0 Å². The van der Waals surface area contributed by atoms with Crippen LogP contribution in [0.1, 0.15) is 35.3 Å². The van der Waals surface area contributed by atoms with Gasteiger partial charge in [-0.2, -0.15) is 0 Å². The second-order valence-electron chi connectivity index (χ2n) is 4.94. The molecular weight excluding hydrogens is 200 g/mol. The summed E-state index contributed by atoms with van der Waals surface area (Å²) in [4.78, 5) is 16.5. The van der Waals surface area contributed by atoms with Gasteiger partial charge in [0.15, 0.2) is 5.78 Å². The fraction of sp³-hybridized carbons (Fsp3) is 0.538. The van der Waals surface area contributed by atoms with Crippen LogP contribution in [0.15, 0.2) is 18.3 Å². The van der Waals surface area contributed by atoms with Crippen molar-refractivity contribution in [1.29, 1.82) is 0 Å². The van der Waals surface area contributed by atoms with Crippen LogP contribution in [-0.4, -0.2) is 22.9 Å². The monoisotopic (exact) mass is 216 g/mol. The molecule has 2 saturated heterocycles. The molecular formula is C13H16N2O. The summed E-state index contributed by atoms with van der Waals surface area (Å²) < 4.78 is 0. The molecule has 84 valence electrons. The third kappa shape index (κ3) is 1.55. The van der Waals surface area contributed by atoms with E-state index >= 15 is 0 Å². The molecule has 0 saturated carbocycles. The zero-order valence-electron chi connectivity index (χ0n) is 9.44. The lowest BCUT2D eigenvalue weighted by atomic mass is 9.84. The van der Waals surface area contributed by atoms with Crippen molar-refractivity contribution >= 4 is 5.78 Å². The van der Waals surface area contributed by atoms with E-state index in [9.17, 15) is 4.79 Å². The molecule has 1 aromatic rings. The number of aromatic nitrogens is 1. The SMILES string of the molecule is Cc1ccc(C(=O)C2CC3CCC2N3)cn1. The molecule has 2 fully saturated rings. The highest BCUT2D eigenvalue weighted by Crippen LogP contribution is 2.35. The highest BCUT2D eigenvalue weighted by molar-refractivity contribution is 5.98. The third-order valence-electron chi connectivity index (χ3n) is 3.83. The molecule has 3 heteroatoms. The van der Waals surface area contributed by atoms with Gasteiger partial charge in [-0.15, -0.1) is 0 Å². The van der Waals surface area contributed by atoms with Crippen LogP contribution in [-0.2, 0) is 0 Å². The van der Waals surface area contributed by atoms with Gasteiger partial charge in [0.1, 0.15) is 0 Å². The minimum atomic E-state index is 0.184. The van der Waals surface area contributed by atoms with E-state index in [4.69, 9.17) is 0 Å². The van der Waals surface area contributed by atoms with Gasteiger partial charge in [-0.25, -0.2) is 0 Å². The molecule has 3 nitrogen and oxygen atoms in total. The van der Waals surface area contributed by atoms with Gasteiger partial charge in [-0.3, -0.25) is 9.78 Å². The normalized spacial score (nSPS) is 31.9. The molecule has 3 unspecified atom stereocenters. The fourth-order valence-electron chi connectivity index (χ4n) is 2.94. The van der Waals surface area contributed by atoms with Crippen LogP contribution in [0, 0.1) is 12.8 Å². The Balaban J connectivity index is 1.80. The van der Waals surface area contributed by atoms with Gasteiger partial charge in [0.25, 0.3) is 0 Å². The van der Waals surface area contributed by atoms with Crippen LogP contribution in [0.5, 0.6) is 0 Å². The van der Waals surface area contributed by atoms with Gasteiger partial charge in [0, 0.05) is 35.5 Å². The highest BCUT2D eigenvalue weighted by Gasteiger charge is 2.42. The van der Waals surface area contributed by atoms with Crippen molar-refractivity contribution in [1.82, 2.24) is 10.3 Å². The molecule has 0 aromatic carbocycles. The Morgan fingerprint density at radius 3 is 2.88 bits per heavy atom. The predicted octanol–water partition coefficient (Wildman–Crippen LogP) is 1.71. The van der Waals surface area contributed by atoms with Crippen LogP contribution >= 0.6 is 0 Å². The van der Waals surface area contributed by atoms with Gasteiger partial charge in [-0.05, 0) is 38.3 Å². The van der Waals surface area contributed by atoms with E-state index in [1.54, 1.807) is 6.20 Å². The van der Waals surface area contributed by atoms with E-state index in [1.807, 2.05) is 19.1 Å². The first-order chi connectivity index (χ1) is 7.74. The zero-order valence-corrected chi connectivity index (χ0v) is 9.44. The Morgan fingerprint density at radius 2 is 2.31 bits per heavy atom. The maximum absolute atomic E-state index is 12.3. The van der Waals surface area contributed by atoms with Crippen molar-refractivity contribution in [3.8, 4) is 0 Å². The molecule has 0 aliphatic carbocycles. The molecule has 0 amide bonds. The third-order valence-corrected chi connectivity index (χ3v) is 3.83. The number of pyridine rings is 1. The Hall–Kier alpha value is -1.22. The molecule has 0 radical (unpaired) electrons. The summed E-state index contributed by atoms with van der Waals surface area (Å²) >= 11 is 0. The Labute approximate surface area is 95.3 Å². The maximum Gasteiger partial charge on any atom is 0.169 e. The number of Topliss-reactive ketones (excluding diaryl/α,β-unsaturated/α-hetero) is 1. The van der Waals surface area contributed by atoms with Crippen molar-refractivity contribution in [3.05, 3.63) is 29.6 Å². The van der Waals surface area contributed by atoms with Gasteiger partial charge >= 0.3 is 0 Å². The van der Waals surface area contributed by atoms with E-state index < -0.39 is 0 Å². The molecule has 3 heterocycles. The molecule has 2 aliphatic rings. The summed E-state index contributed by atoms with van der Waals surface area (Å²) in [5.41, 5.74) is 1.73. The first-order valence-corrected chi connectivity index (χ1v) is 5.97. The summed E-state index contributed by atoms with van der Waals surface area (Å²) in [6, 6.07) is 4.81. The van der Waals surface area contributed by atoms with Gasteiger partial charge in [0.05, 0.1) is 0 Å². The number of fused-ring (bicyclic) bond motifs is 2. The van der Waals surface area contributed by atoms with Gasteiger partial charge < -0.3 is 5.32 Å². The number of hydrogen-bond acceptors (Lipinski definition) is 3. The molecule has 3 atom stereocenters. The molecule has 1 aromatic heterocycles. The van der Waals surface area contributed by atoms with Gasteiger partial charge in [-0.1, -0.05) is 0 Å². The topological polar surface area (TPSA) is 42.0 Å². The van der Waals surface area contributed by atoms with E-state index in [0.29, 0.717) is 12.1 Å². The number of carbonyl (C=O) groups is 1. The smallest absolute Gasteiger partial charge is 0.169 e. The van der Waals surface area contributed by atoms with E-state index in [1.165, 1.54) is 6.42 Å². The Kier molecular flexibility index (Phi) is 2.28. The standard InChI is InChI=1S/C13H16N2O/c1-8-2-3-9(7-14-8)13(16)11-6-10-4-5-12(11)15-10/h2-3,7,10-12,15H,4-6H2,1H3. The second kappa shape index (κ2) is 3.67. The first-order valence-electron chi connectivity index (χ1n) is 5.97. The number of ketones is 1. The fourth-order valence-corrected chi connectivity index (χ4v) is 2.94. The Bertz CT molecular complexity index is 412. The summed E-state index contributed by atoms with van der Waals surface area (Å²) in [7, 11) is 0. The van der Waals surface area contributed by atoms with E-state index in [2.05, 4.69) is 10.3 Å². The summed E-state index contributed by atoms with van der Waals surface area (Å²) in [5.74, 6) is 0.454. The largest absolute Gasteiger partial charge is 0.310 e. The van der Waals surface area contributed by atoms with Crippen LogP contribution in [0.3, 0.4) is 0 Å². The van der Waals surface area contributed by atoms with Crippen molar-refractivity contribution in [2.45, 2.75) is 38.3 Å². The quantitative estimate of drug-likeness (QED) is 0.765. The van der Waals surface area contributed by atoms with Crippen LogP contribution in [0.2, 0.25) is 0 Å². The average molecular weight is 216 g/mol. The zero-order chi connectivity index (χ0) is 11.1. The van der Waals surface area contributed by atoms with Crippen LogP contribution < -0.4 is 5.32 Å². The van der Waals surface area contributed by atoms with E-state index in [0.717, 1.165) is 24.1 Å². The highest BCUT2D eigenvalue weighted by atomic mass is 16.1. The molecule has 2 aliphatic heterocycles. The molecule has 1 N–H and O–H groups in total. The minimum Gasteiger partial charge on any atom is -0.310 e. The predicted molar refractivity (Wildman–Crippen MR) is 61.4 cm³/mol. The number of hydrogen-bond donors (Lipinski definition) is 1. The summed E-state index contributed by atoms with van der Waals surface area (Å²) in [5, 5.41) is 3.50. The molecule has 0 spiro atoms. The van der Waals surface area contributed by atoms with Gasteiger partial charge in [0.2, 0.25) is 0 Å². The summed E-state index contributed by atoms with van der Waals surface area (Å²) in [6.45, 7) is 1.94. The van der Waals surface area contributed by atoms with Crippen molar-refractivity contribution < 1.29 is 4.79 Å². The number of aryl methyl sites for hydroxylation is 1. The Morgan fingerprint density at radius 1 is 1.44 bits per heavy atom. The van der Waals surface area contributed by atoms with Crippen molar-refractivity contribution in [2.75, 3.05) is 0 Å². The molecule has 16 heavy (non-hydrogen) atoms. The maximum atomic E-state index is 12.3. The number of nitrogens with one attached hydrogen (secondary N) is 1. The van der Waals surface area contributed by atoms with Crippen molar-refractivity contribution in [3.63, 3.8) is 0 Å². The molecule has 3 rings (SSSR count). The number of carbonyl (C=O) groups excluding carboxylic acids is 1. The number of nitrogens with zero attached hydrogens (tertiary/aromatic N) is 1. The van der Waals surface area contributed by atoms with Crippen molar-refractivity contribution in [2.24, 2.45) is 5.92 Å². The summed E-state index contributed by atoms with van der Waals surface area (Å²) in [6.07, 6.45) is 5.11. The molecule has 2 bridgehead atoms. The lowest BCUT2D eigenvalue weighted by Gasteiger charge is -2.18.